The molecule has 3 aromatic rings. The Kier molecular flexibility index (Phi) is 10.3. The zero-order valence-corrected chi connectivity index (χ0v) is 24.9. The van der Waals surface area contributed by atoms with E-state index >= 15 is 0 Å². The third-order valence-electron chi connectivity index (χ3n) is 7.13. The van der Waals surface area contributed by atoms with Gasteiger partial charge < -0.3 is 10.2 Å². The van der Waals surface area contributed by atoms with Gasteiger partial charge in [-0.15, -0.1) is 0 Å². The van der Waals surface area contributed by atoms with Crippen LogP contribution in [0.15, 0.2) is 72.8 Å². The van der Waals surface area contributed by atoms with Crippen LogP contribution in [-0.2, 0) is 32.6 Å². The molecule has 0 bridgehead atoms. The second-order valence-electron chi connectivity index (χ2n) is 10.2. The van der Waals surface area contributed by atoms with Crippen LogP contribution < -0.4 is 9.62 Å². The lowest BCUT2D eigenvalue weighted by Gasteiger charge is -2.34. The summed E-state index contributed by atoms with van der Waals surface area (Å²) in [5.74, 6) is -1.60. The molecule has 2 amide bonds. The van der Waals surface area contributed by atoms with Gasteiger partial charge in [0.15, 0.2) is 0 Å². The number of sulfonamides is 1. The third-order valence-corrected chi connectivity index (χ3v) is 8.79. The molecule has 1 aliphatic carbocycles. The van der Waals surface area contributed by atoms with Gasteiger partial charge in [-0.3, -0.25) is 13.9 Å². The zero-order valence-electron chi connectivity index (χ0n) is 22.6. The fourth-order valence-electron chi connectivity index (χ4n) is 5.01. The van der Waals surface area contributed by atoms with Gasteiger partial charge in [-0.05, 0) is 42.7 Å². The third kappa shape index (κ3) is 8.21. The Morgan fingerprint density at radius 2 is 1.66 bits per heavy atom. The van der Waals surface area contributed by atoms with Gasteiger partial charge >= 0.3 is 0 Å². The van der Waals surface area contributed by atoms with Crippen LogP contribution in [0.4, 0.5) is 10.1 Å². The lowest BCUT2D eigenvalue weighted by atomic mass is 10.0. The van der Waals surface area contributed by atoms with E-state index in [0.29, 0.717) is 5.02 Å². The smallest absolute Gasteiger partial charge is 0.244 e. The van der Waals surface area contributed by atoms with Crippen LogP contribution >= 0.6 is 23.2 Å². The van der Waals surface area contributed by atoms with E-state index in [0.717, 1.165) is 41.8 Å². The van der Waals surface area contributed by atoms with Gasteiger partial charge in [-0.2, -0.15) is 0 Å². The quantitative estimate of drug-likeness (QED) is 0.303. The number of hydrogen-bond acceptors (Lipinski definition) is 4. The Bertz CT molecular complexity index is 1480. The van der Waals surface area contributed by atoms with E-state index in [2.05, 4.69) is 5.32 Å². The molecule has 0 heterocycles. The van der Waals surface area contributed by atoms with E-state index in [1.54, 1.807) is 6.07 Å². The first kappa shape index (κ1) is 30.8. The summed E-state index contributed by atoms with van der Waals surface area (Å²) in [5.41, 5.74) is 1.06. The fraction of sp³-hybridized carbons (Fsp3) is 0.333. The molecule has 0 radical (unpaired) electrons. The van der Waals surface area contributed by atoms with Gasteiger partial charge in [-0.25, -0.2) is 12.8 Å². The predicted octanol–water partition coefficient (Wildman–Crippen LogP) is 5.60. The van der Waals surface area contributed by atoms with Crippen molar-refractivity contribution in [3.8, 4) is 0 Å². The molecule has 1 atom stereocenters. The lowest BCUT2D eigenvalue weighted by molar-refractivity contribution is -0.140. The summed E-state index contributed by atoms with van der Waals surface area (Å²) < 4.78 is 41.5. The topological polar surface area (TPSA) is 86.8 Å². The monoisotopic (exact) mass is 619 g/mol. The second-order valence-corrected chi connectivity index (χ2v) is 12.9. The SMILES string of the molecule is CS(=O)(=O)N(CC(=O)N(Cc1ccccc1F)C(Cc1ccccc1)C(=O)NC1CCCC1)c1ccc(Cl)cc1Cl. The number of carbonyl (C=O) groups excluding carboxylic acids is 2. The van der Waals surface area contributed by atoms with E-state index in [9.17, 15) is 22.4 Å². The van der Waals surface area contributed by atoms with Crippen LogP contribution in [0.1, 0.15) is 36.8 Å². The molecule has 11 heteroatoms. The number of hydrogen-bond donors (Lipinski definition) is 1. The Labute approximate surface area is 250 Å². The summed E-state index contributed by atoms with van der Waals surface area (Å²) in [6, 6.07) is 18.4. The number of amides is 2. The molecule has 41 heavy (non-hydrogen) atoms. The highest BCUT2D eigenvalue weighted by Gasteiger charge is 2.35. The molecule has 1 N–H and O–H groups in total. The maximum absolute atomic E-state index is 14.9. The van der Waals surface area contributed by atoms with Crippen molar-refractivity contribution in [2.45, 2.75) is 50.7 Å². The van der Waals surface area contributed by atoms with Gasteiger partial charge in [-0.1, -0.05) is 84.6 Å². The molecule has 7 nitrogen and oxygen atoms in total. The van der Waals surface area contributed by atoms with Crippen molar-refractivity contribution in [2.24, 2.45) is 0 Å². The van der Waals surface area contributed by atoms with Gasteiger partial charge in [0.2, 0.25) is 21.8 Å². The zero-order chi connectivity index (χ0) is 29.6. The van der Waals surface area contributed by atoms with Gasteiger partial charge in [0, 0.05) is 29.6 Å². The minimum absolute atomic E-state index is 0.0217. The minimum atomic E-state index is -4.00. The average Bonchev–Trinajstić information content (AvgIpc) is 3.43. The summed E-state index contributed by atoms with van der Waals surface area (Å²) >= 11 is 12.3. The molecule has 1 aliphatic rings. The number of nitrogens with zero attached hydrogens (tertiary/aromatic N) is 2. The van der Waals surface area contributed by atoms with Crippen LogP contribution in [0.3, 0.4) is 0 Å². The first-order valence-electron chi connectivity index (χ1n) is 13.3. The molecule has 1 fully saturated rings. The van der Waals surface area contributed by atoms with Crippen LogP contribution in [-0.4, -0.2) is 50.0 Å². The molecule has 1 unspecified atom stereocenters. The highest BCUT2D eigenvalue weighted by Crippen LogP contribution is 2.31. The number of benzene rings is 3. The molecule has 3 aromatic carbocycles. The first-order chi connectivity index (χ1) is 19.5. The summed E-state index contributed by atoms with van der Waals surface area (Å²) in [4.78, 5) is 29.2. The second kappa shape index (κ2) is 13.7. The van der Waals surface area contributed by atoms with Crippen molar-refractivity contribution in [1.29, 1.82) is 0 Å². The normalized spacial score (nSPS) is 14.4. The van der Waals surface area contributed by atoms with Gasteiger partial charge in [0.1, 0.15) is 18.4 Å². The molecule has 0 aromatic heterocycles. The van der Waals surface area contributed by atoms with Crippen molar-refractivity contribution in [2.75, 3.05) is 17.1 Å². The standard InChI is InChI=1S/C30H32Cl2FN3O4S/c1-41(39,40)36(27-16-15-23(31)18-25(27)32)20-29(37)35(19-22-11-5-8-14-26(22)33)28(17-21-9-3-2-4-10-21)30(38)34-24-12-6-7-13-24/h2-5,8-11,14-16,18,24,28H,6-7,12-13,17,19-20H2,1H3,(H,34,38). The highest BCUT2D eigenvalue weighted by molar-refractivity contribution is 7.92. The Morgan fingerprint density at radius 3 is 2.29 bits per heavy atom. The molecule has 0 saturated heterocycles. The lowest BCUT2D eigenvalue weighted by Crippen LogP contribution is -2.54. The van der Waals surface area contributed by atoms with E-state index in [1.165, 1.54) is 41.3 Å². The van der Waals surface area contributed by atoms with Crippen LogP contribution in [0.25, 0.3) is 0 Å². The number of anilines is 1. The maximum Gasteiger partial charge on any atom is 0.244 e. The van der Waals surface area contributed by atoms with Gasteiger partial charge in [0.25, 0.3) is 0 Å². The number of carbonyl (C=O) groups is 2. The Morgan fingerprint density at radius 1 is 1.00 bits per heavy atom. The number of nitrogens with one attached hydrogen (secondary N) is 1. The maximum atomic E-state index is 14.9. The molecular weight excluding hydrogens is 588 g/mol. The Hall–Kier alpha value is -3.14. The first-order valence-corrected chi connectivity index (χ1v) is 15.9. The molecule has 0 spiro atoms. The van der Waals surface area contributed by atoms with Gasteiger partial charge in [0.05, 0.1) is 17.0 Å². The summed E-state index contributed by atoms with van der Waals surface area (Å²) in [7, 11) is -4.00. The van der Waals surface area contributed by atoms with Crippen molar-refractivity contribution in [3.63, 3.8) is 0 Å². The molecule has 0 aliphatic heterocycles. The van der Waals surface area contributed by atoms with Crippen LogP contribution in [0, 0.1) is 5.82 Å². The van der Waals surface area contributed by atoms with Crippen molar-refractivity contribution < 1.29 is 22.4 Å². The van der Waals surface area contributed by atoms with Crippen molar-refractivity contribution in [3.05, 3.63) is 99.8 Å². The van der Waals surface area contributed by atoms with E-state index in [1.807, 2.05) is 30.3 Å². The molecule has 218 valence electrons. The van der Waals surface area contributed by atoms with Crippen LogP contribution in [0.2, 0.25) is 10.0 Å². The minimum Gasteiger partial charge on any atom is -0.352 e. The number of rotatable bonds is 11. The van der Waals surface area contributed by atoms with Crippen LogP contribution in [0.5, 0.6) is 0 Å². The molecule has 1 saturated carbocycles. The van der Waals surface area contributed by atoms with E-state index in [4.69, 9.17) is 23.2 Å². The van der Waals surface area contributed by atoms with Crippen molar-refractivity contribution >= 4 is 50.7 Å². The number of halogens is 3. The summed E-state index contributed by atoms with van der Waals surface area (Å²) in [6.45, 7) is -0.899. The van der Waals surface area contributed by atoms with Crippen molar-refractivity contribution in [1.82, 2.24) is 10.2 Å². The summed E-state index contributed by atoms with van der Waals surface area (Å²) in [6.07, 6.45) is 4.78. The van der Waals surface area contributed by atoms with E-state index in [-0.39, 0.29) is 41.2 Å². The van der Waals surface area contributed by atoms with E-state index < -0.39 is 34.3 Å². The summed E-state index contributed by atoms with van der Waals surface area (Å²) in [5, 5.41) is 3.41. The molecular formula is C30H32Cl2FN3O4S. The molecule has 4 rings (SSSR count). The Balaban J connectivity index is 1.75. The highest BCUT2D eigenvalue weighted by atomic mass is 35.5. The largest absolute Gasteiger partial charge is 0.352 e. The fourth-order valence-corrected chi connectivity index (χ4v) is 6.43. The predicted molar refractivity (Wildman–Crippen MR) is 160 cm³/mol. The average molecular weight is 621 g/mol.